The summed E-state index contributed by atoms with van der Waals surface area (Å²) >= 11 is 0. The molecule has 1 amide bonds. The summed E-state index contributed by atoms with van der Waals surface area (Å²) in [7, 11) is 2.87. The van der Waals surface area contributed by atoms with Crippen molar-refractivity contribution < 1.29 is 22.7 Å². The lowest BCUT2D eigenvalue weighted by Gasteiger charge is -2.14. The number of nitrogens with one attached hydrogen (secondary N) is 2. The summed E-state index contributed by atoms with van der Waals surface area (Å²) in [4.78, 5) is 11.2. The normalized spacial score (nSPS) is 10.7. The number of hydrogen-bond donors (Lipinski definition) is 2. The predicted molar refractivity (Wildman–Crippen MR) is 71.0 cm³/mol. The van der Waals surface area contributed by atoms with E-state index in [4.69, 9.17) is 4.74 Å². The van der Waals surface area contributed by atoms with Crippen LogP contribution in [0.5, 0.6) is 5.75 Å². The highest BCUT2D eigenvalue weighted by Gasteiger charge is 2.33. The molecule has 20 heavy (non-hydrogen) atoms. The minimum Gasteiger partial charge on any atom is -0.497 e. The Morgan fingerprint density at radius 1 is 1.35 bits per heavy atom. The SMILES string of the molecule is CNCC(=O)NCc1ccc(OC)cc1C(F)(F)F.Cl. The second-order valence-electron chi connectivity index (χ2n) is 3.83. The fourth-order valence-electron chi connectivity index (χ4n) is 1.52. The summed E-state index contributed by atoms with van der Waals surface area (Å²) in [5.41, 5.74) is -0.811. The van der Waals surface area contributed by atoms with Crippen LogP contribution in [-0.2, 0) is 17.5 Å². The Bertz CT molecular complexity index is 453. The molecule has 8 heteroatoms. The molecule has 0 atom stereocenters. The van der Waals surface area contributed by atoms with E-state index in [1.54, 1.807) is 7.05 Å². The van der Waals surface area contributed by atoms with Gasteiger partial charge in [-0.05, 0) is 24.7 Å². The number of benzene rings is 1. The number of carbonyl (C=O) groups excluding carboxylic acids is 1. The standard InChI is InChI=1S/C12H15F3N2O2.ClH/c1-16-7-11(18)17-6-8-3-4-9(19-2)5-10(8)12(13,14)15;/h3-5,16H,6-7H2,1-2H3,(H,17,18);1H. The maximum Gasteiger partial charge on any atom is 0.416 e. The molecule has 0 aliphatic carbocycles. The Morgan fingerprint density at radius 2 is 2.00 bits per heavy atom. The van der Waals surface area contributed by atoms with Gasteiger partial charge in [0, 0.05) is 6.54 Å². The van der Waals surface area contributed by atoms with Crippen molar-refractivity contribution in [3.8, 4) is 5.75 Å². The number of ether oxygens (including phenoxy) is 1. The molecule has 0 heterocycles. The van der Waals surface area contributed by atoms with Gasteiger partial charge in [0.1, 0.15) is 5.75 Å². The van der Waals surface area contributed by atoms with Gasteiger partial charge < -0.3 is 15.4 Å². The van der Waals surface area contributed by atoms with Crippen LogP contribution in [0, 0.1) is 0 Å². The Balaban J connectivity index is 0.00000361. The Kier molecular flexibility index (Phi) is 7.38. The molecule has 1 aromatic carbocycles. The van der Waals surface area contributed by atoms with Gasteiger partial charge in [0.2, 0.25) is 5.91 Å². The fraction of sp³-hybridized carbons (Fsp3) is 0.417. The van der Waals surface area contributed by atoms with E-state index < -0.39 is 11.7 Å². The Hall–Kier alpha value is -1.47. The van der Waals surface area contributed by atoms with Crippen molar-refractivity contribution in [2.75, 3.05) is 20.7 Å². The van der Waals surface area contributed by atoms with Crippen LogP contribution in [0.2, 0.25) is 0 Å². The lowest BCUT2D eigenvalue weighted by molar-refractivity contribution is -0.138. The lowest BCUT2D eigenvalue weighted by atomic mass is 10.1. The lowest BCUT2D eigenvalue weighted by Crippen LogP contribution is -2.32. The van der Waals surface area contributed by atoms with Gasteiger partial charge in [-0.3, -0.25) is 4.79 Å². The summed E-state index contributed by atoms with van der Waals surface area (Å²) < 4.78 is 43.3. The summed E-state index contributed by atoms with van der Waals surface area (Å²) in [6.45, 7) is -0.128. The van der Waals surface area contributed by atoms with Crippen LogP contribution >= 0.6 is 12.4 Å². The number of halogens is 4. The zero-order chi connectivity index (χ0) is 14.5. The van der Waals surface area contributed by atoms with Crippen LogP contribution in [-0.4, -0.2) is 26.6 Å². The topological polar surface area (TPSA) is 50.4 Å². The molecule has 1 rings (SSSR count). The van der Waals surface area contributed by atoms with Crippen LogP contribution in [0.25, 0.3) is 0 Å². The van der Waals surface area contributed by atoms with E-state index in [-0.39, 0.29) is 42.7 Å². The van der Waals surface area contributed by atoms with E-state index in [2.05, 4.69) is 10.6 Å². The van der Waals surface area contributed by atoms with Crippen molar-refractivity contribution in [3.63, 3.8) is 0 Å². The molecule has 0 unspecified atom stereocenters. The van der Waals surface area contributed by atoms with Gasteiger partial charge in [-0.1, -0.05) is 6.07 Å². The molecule has 0 aromatic heterocycles. The highest BCUT2D eigenvalue weighted by molar-refractivity contribution is 5.85. The summed E-state index contributed by atoms with van der Waals surface area (Å²) in [6.07, 6.45) is -4.49. The monoisotopic (exact) mass is 312 g/mol. The zero-order valence-electron chi connectivity index (χ0n) is 11.0. The molecule has 114 valence electrons. The van der Waals surface area contributed by atoms with Crippen molar-refractivity contribution in [1.82, 2.24) is 10.6 Å². The number of likely N-dealkylation sites (N-methyl/N-ethyl adjacent to an activating group) is 1. The van der Waals surface area contributed by atoms with E-state index in [1.165, 1.54) is 19.2 Å². The predicted octanol–water partition coefficient (Wildman–Crippen LogP) is 1.97. The number of hydrogen-bond acceptors (Lipinski definition) is 3. The molecule has 0 fully saturated rings. The molecule has 0 aliphatic heterocycles. The first kappa shape index (κ1) is 18.5. The summed E-state index contributed by atoms with van der Waals surface area (Å²) in [5, 5.41) is 5.02. The van der Waals surface area contributed by atoms with E-state index in [0.717, 1.165) is 6.07 Å². The van der Waals surface area contributed by atoms with Crippen molar-refractivity contribution in [2.24, 2.45) is 0 Å². The van der Waals surface area contributed by atoms with Gasteiger partial charge in [0.25, 0.3) is 0 Å². The zero-order valence-corrected chi connectivity index (χ0v) is 11.8. The largest absolute Gasteiger partial charge is 0.497 e. The molecule has 4 nitrogen and oxygen atoms in total. The third kappa shape index (κ3) is 5.26. The highest BCUT2D eigenvalue weighted by Crippen LogP contribution is 2.34. The van der Waals surface area contributed by atoms with Crippen LogP contribution < -0.4 is 15.4 Å². The Morgan fingerprint density at radius 3 is 2.50 bits per heavy atom. The van der Waals surface area contributed by atoms with Gasteiger partial charge >= 0.3 is 6.18 Å². The van der Waals surface area contributed by atoms with Gasteiger partial charge in [0.15, 0.2) is 0 Å². The van der Waals surface area contributed by atoms with Crippen molar-refractivity contribution in [3.05, 3.63) is 29.3 Å². The Labute approximate surface area is 121 Å². The van der Waals surface area contributed by atoms with E-state index in [1.807, 2.05) is 0 Å². The third-order valence-corrected chi connectivity index (χ3v) is 2.44. The number of alkyl halides is 3. The number of rotatable bonds is 5. The average Bonchev–Trinajstić information content (AvgIpc) is 2.35. The molecule has 0 saturated carbocycles. The molecule has 0 aliphatic rings. The second kappa shape index (κ2) is 7.96. The van der Waals surface area contributed by atoms with E-state index in [0.29, 0.717) is 0 Å². The van der Waals surface area contributed by atoms with Crippen LogP contribution in [0.3, 0.4) is 0 Å². The summed E-state index contributed by atoms with van der Waals surface area (Å²) in [5.74, 6) is -0.246. The van der Waals surface area contributed by atoms with Crippen molar-refractivity contribution >= 4 is 18.3 Å². The maximum atomic E-state index is 12.9. The number of carbonyl (C=O) groups is 1. The maximum absolute atomic E-state index is 12.9. The molecular formula is C12H16ClF3N2O2. The molecule has 0 radical (unpaired) electrons. The van der Waals surface area contributed by atoms with Crippen LogP contribution in [0.1, 0.15) is 11.1 Å². The second-order valence-corrected chi connectivity index (χ2v) is 3.83. The van der Waals surface area contributed by atoms with Crippen LogP contribution in [0.4, 0.5) is 13.2 Å². The first-order chi connectivity index (χ1) is 8.88. The minimum absolute atomic E-state index is 0. The average molecular weight is 313 g/mol. The molecule has 0 bridgehead atoms. The van der Waals surface area contributed by atoms with Gasteiger partial charge in [0.05, 0.1) is 19.2 Å². The molecule has 0 spiro atoms. The summed E-state index contributed by atoms with van der Waals surface area (Å²) in [6, 6.07) is 3.63. The van der Waals surface area contributed by atoms with Gasteiger partial charge in [-0.25, -0.2) is 0 Å². The number of methoxy groups -OCH3 is 1. The number of amides is 1. The van der Waals surface area contributed by atoms with Crippen LogP contribution in [0.15, 0.2) is 18.2 Å². The van der Waals surface area contributed by atoms with Crippen molar-refractivity contribution in [2.45, 2.75) is 12.7 Å². The third-order valence-electron chi connectivity index (χ3n) is 2.44. The van der Waals surface area contributed by atoms with Gasteiger partial charge in [-0.2, -0.15) is 13.2 Å². The minimum atomic E-state index is -4.49. The molecule has 1 aromatic rings. The molecule has 0 saturated heterocycles. The first-order valence-electron chi connectivity index (χ1n) is 5.54. The van der Waals surface area contributed by atoms with E-state index >= 15 is 0 Å². The van der Waals surface area contributed by atoms with E-state index in [9.17, 15) is 18.0 Å². The molecular weight excluding hydrogens is 297 g/mol. The first-order valence-corrected chi connectivity index (χ1v) is 5.54. The smallest absolute Gasteiger partial charge is 0.416 e. The quantitative estimate of drug-likeness (QED) is 0.874. The highest BCUT2D eigenvalue weighted by atomic mass is 35.5. The molecule has 2 N–H and O–H groups in total. The van der Waals surface area contributed by atoms with Crippen molar-refractivity contribution in [1.29, 1.82) is 0 Å². The fourth-order valence-corrected chi connectivity index (χ4v) is 1.52. The van der Waals surface area contributed by atoms with Gasteiger partial charge in [-0.15, -0.1) is 12.4 Å².